The zero-order valence-electron chi connectivity index (χ0n) is 12.2. The number of nitrogens with zero attached hydrogens (tertiary/aromatic N) is 1. The normalized spacial score (nSPS) is 17.9. The van der Waals surface area contributed by atoms with Crippen molar-refractivity contribution >= 4 is 38.1 Å². The van der Waals surface area contributed by atoms with Crippen LogP contribution in [0.15, 0.2) is 59.6 Å². The molecule has 1 N–H and O–H groups in total. The third-order valence-corrected chi connectivity index (χ3v) is 4.91. The lowest BCUT2D eigenvalue weighted by Crippen LogP contribution is -2.21. The van der Waals surface area contributed by atoms with Gasteiger partial charge in [-0.1, -0.05) is 30.4 Å². The summed E-state index contributed by atoms with van der Waals surface area (Å²) in [6.07, 6.45) is 7.19. The first-order chi connectivity index (χ1) is 10.9. The molecule has 0 radical (unpaired) electrons. The molecular formula is C18H16N2OS. The van der Waals surface area contributed by atoms with E-state index in [4.69, 9.17) is 9.72 Å². The number of anilines is 1. The summed E-state index contributed by atoms with van der Waals surface area (Å²) in [5, 5.41) is 7.97. The minimum atomic E-state index is 0.0620. The van der Waals surface area contributed by atoms with E-state index < -0.39 is 0 Å². The van der Waals surface area contributed by atoms with Gasteiger partial charge >= 0.3 is 0 Å². The Morgan fingerprint density at radius 3 is 3.05 bits per heavy atom. The topological polar surface area (TPSA) is 34.1 Å². The van der Waals surface area contributed by atoms with Crippen LogP contribution in [0.5, 0.6) is 0 Å². The number of nitrogens with one attached hydrogen (secondary N) is 1. The average molecular weight is 308 g/mol. The fourth-order valence-corrected chi connectivity index (χ4v) is 3.77. The van der Waals surface area contributed by atoms with Gasteiger partial charge in [-0.3, -0.25) is 0 Å². The lowest BCUT2D eigenvalue weighted by molar-refractivity contribution is 0.134. The molecule has 1 aliphatic carbocycles. The predicted molar refractivity (Wildman–Crippen MR) is 93.4 cm³/mol. The third kappa shape index (κ3) is 2.21. The Hall–Kier alpha value is -2.17. The summed E-state index contributed by atoms with van der Waals surface area (Å²) in [6, 6.07) is 10.4. The average Bonchev–Trinajstić information content (AvgIpc) is 3.06. The van der Waals surface area contributed by atoms with E-state index in [1.54, 1.807) is 18.4 Å². The number of rotatable bonds is 3. The van der Waals surface area contributed by atoms with Gasteiger partial charge in [0.25, 0.3) is 0 Å². The van der Waals surface area contributed by atoms with E-state index in [9.17, 15) is 0 Å². The molecule has 0 saturated heterocycles. The highest BCUT2D eigenvalue weighted by Gasteiger charge is 2.17. The number of benzene rings is 1. The predicted octanol–water partition coefficient (Wildman–Crippen LogP) is 4.72. The van der Waals surface area contributed by atoms with Crippen molar-refractivity contribution in [1.29, 1.82) is 0 Å². The molecule has 0 saturated carbocycles. The Labute approximate surface area is 132 Å². The number of hydrogen-bond donors (Lipinski definition) is 1. The molecule has 4 heteroatoms. The number of ether oxygens (including phenoxy) is 1. The third-order valence-electron chi connectivity index (χ3n) is 3.96. The van der Waals surface area contributed by atoms with Gasteiger partial charge in [-0.25, -0.2) is 4.98 Å². The molecule has 1 atom stereocenters. The maximum atomic E-state index is 5.55. The van der Waals surface area contributed by atoms with Crippen molar-refractivity contribution in [3.05, 3.63) is 59.6 Å². The second-order valence-corrected chi connectivity index (χ2v) is 6.19. The second-order valence-electron chi connectivity index (χ2n) is 5.28. The molecule has 3 aromatic rings. The number of allylic oxidation sites excluding steroid dienone is 2. The van der Waals surface area contributed by atoms with Crippen molar-refractivity contribution in [3.63, 3.8) is 0 Å². The quantitative estimate of drug-likeness (QED) is 0.760. The smallest absolute Gasteiger partial charge is 0.139 e. The SMILES string of the molecule is COC1CC=CC=C1Nc1nc2ccccc2c2sccc12. The number of thiophene rings is 1. The van der Waals surface area contributed by atoms with Gasteiger partial charge in [0.15, 0.2) is 0 Å². The Balaban J connectivity index is 1.85. The Morgan fingerprint density at radius 1 is 1.23 bits per heavy atom. The van der Waals surface area contributed by atoms with Gasteiger partial charge in [0.2, 0.25) is 0 Å². The van der Waals surface area contributed by atoms with Crippen LogP contribution in [0.25, 0.3) is 21.0 Å². The zero-order valence-corrected chi connectivity index (χ0v) is 13.1. The number of pyridine rings is 1. The van der Waals surface area contributed by atoms with E-state index in [0.29, 0.717) is 0 Å². The first-order valence-corrected chi connectivity index (χ1v) is 8.17. The van der Waals surface area contributed by atoms with Crippen molar-refractivity contribution in [1.82, 2.24) is 4.98 Å². The number of hydrogen-bond acceptors (Lipinski definition) is 4. The van der Waals surface area contributed by atoms with Crippen LogP contribution in [-0.4, -0.2) is 18.2 Å². The Kier molecular flexibility index (Phi) is 3.41. The van der Waals surface area contributed by atoms with E-state index in [2.05, 4.69) is 53.2 Å². The van der Waals surface area contributed by atoms with Crippen LogP contribution in [0.4, 0.5) is 5.82 Å². The fraction of sp³-hybridized carbons (Fsp3) is 0.167. The molecule has 0 amide bonds. The van der Waals surface area contributed by atoms with Crippen LogP contribution in [0.2, 0.25) is 0 Å². The molecular weight excluding hydrogens is 292 g/mol. The second kappa shape index (κ2) is 5.55. The zero-order chi connectivity index (χ0) is 14.9. The molecule has 1 aromatic carbocycles. The molecule has 2 heterocycles. The van der Waals surface area contributed by atoms with Gasteiger partial charge in [0, 0.05) is 28.3 Å². The van der Waals surface area contributed by atoms with Gasteiger partial charge in [0.05, 0.1) is 5.52 Å². The summed E-state index contributed by atoms with van der Waals surface area (Å²) < 4.78 is 6.82. The first kappa shape index (κ1) is 13.5. The highest BCUT2D eigenvalue weighted by Crippen LogP contribution is 2.34. The van der Waals surface area contributed by atoms with Crippen molar-refractivity contribution in [3.8, 4) is 0 Å². The van der Waals surface area contributed by atoms with Gasteiger partial charge in [-0.2, -0.15) is 0 Å². The number of aromatic nitrogens is 1. The molecule has 22 heavy (non-hydrogen) atoms. The van der Waals surface area contributed by atoms with Gasteiger partial charge in [-0.05, 0) is 30.0 Å². The maximum Gasteiger partial charge on any atom is 0.139 e. The van der Waals surface area contributed by atoms with E-state index in [1.807, 2.05) is 6.07 Å². The molecule has 3 nitrogen and oxygen atoms in total. The van der Waals surface area contributed by atoms with Crippen LogP contribution in [-0.2, 0) is 4.74 Å². The summed E-state index contributed by atoms with van der Waals surface area (Å²) in [5.74, 6) is 0.901. The molecule has 4 rings (SSSR count). The molecule has 1 unspecified atom stereocenters. The van der Waals surface area contributed by atoms with Crippen LogP contribution in [0, 0.1) is 0 Å². The highest BCUT2D eigenvalue weighted by molar-refractivity contribution is 7.18. The summed E-state index contributed by atoms with van der Waals surface area (Å²) in [6.45, 7) is 0. The van der Waals surface area contributed by atoms with Gasteiger partial charge in [-0.15, -0.1) is 11.3 Å². The summed E-state index contributed by atoms with van der Waals surface area (Å²) >= 11 is 1.75. The van der Waals surface area contributed by atoms with Gasteiger partial charge < -0.3 is 10.1 Å². The van der Waals surface area contributed by atoms with Gasteiger partial charge in [0.1, 0.15) is 11.9 Å². The lowest BCUT2D eigenvalue weighted by Gasteiger charge is -2.21. The number of fused-ring (bicyclic) bond motifs is 3. The van der Waals surface area contributed by atoms with Crippen LogP contribution < -0.4 is 5.32 Å². The summed E-state index contributed by atoms with van der Waals surface area (Å²) in [5.41, 5.74) is 2.07. The van der Waals surface area contributed by atoms with E-state index in [0.717, 1.165) is 28.8 Å². The molecule has 2 aromatic heterocycles. The molecule has 0 bridgehead atoms. The number of para-hydroxylation sites is 1. The van der Waals surface area contributed by atoms with Crippen molar-refractivity contribution in [2.24, 2.45) is 0 Å². The minimum Gasteiger partial charge on any atom is -0.375 e. The van der Waals surface area contributed by atoms with Crippen LogP contribution in [0.1, 0.15) is 6.42 Å². The molecule has 0 aliphatic heterocycles. The van der Waals surface area contributed by atoms with Crippen molar-refractivity contribution in [2.75, 3.05) is 12.4 Å². The summed E-state index contributed by atoms with van der Waals surface area (Å²) in [4.78, 5) is 4.81. The number of methoxy groups -OCH3 is 1. The van der Waals surface area contributed by atoms with E-state index in [1.165, 1.54) is 10.1 Å². The largest absolute Gasteiger partial charge is 0.375 e. The maximum absolute atomic E-state index is 5.55. The molecule has 0 fully saturated rings. The minimum absolute atomic E-state index is 0.0620. The lowest BCUT2D eigenvalue weighted by atomic mass is 10.1. The molecule has 1 aliphatic rings. The van der Waals surface area contributed by atoms with E-state index >= 15 is 0 Å². The fourth-order valence-electron chi connectivity index (χ4n) is 2.83. The van der Waals surface area contributed by atoms with Crippen molar-refractivity contribution < 1.29 is 4.74 Å². The Bertz CT molecular complexity index is 894. The summed E-state index contributed by atoms with van der Waals surface area (Å²) in [7, 11) is 1.74. The molecule has 0 spiro atoms. The van der Waals surface area contributed by atoms with Crippen molar-refractivity contribution in [2.45, 2.75) is 12.5 Å². The standard InChI is InChI=1S/C18H16N2OS/c1-21-16-9-5-4-8-15(16)20-18-13-10-11-22-17(13)12-6-2-3-7-14(12)19-18/h2-8,10-11,16H,9H2,1H3,(H,19,20). The Morgan fingerprint density at radius 2 is 2.14 bits per heavy atom. The van der Waals surface area contributed by atoms with Crippen LogP contribution in [0.3, 0.4) is 0 Å². The van der Waals surface area contributed by atoms with Crippen LogP contribution >= 0.6 is 11.3 Å². The monoisotopic (exact) mass is 308 g/mol. The first-order valence-electron chi connectivity index (χ1n) is 7.29. The molecule has 110 valence electrons. The van der Waals surface area contributed by atoms with E-state index in [-0.39, 0.29) is 6.10 Å². The highest BCUT2D eigenvalue weighted by atomic mass is 32.1.